The zero-order valence-corrected chi connectivity index (χ0v) is 18.3. The number of imidazole rings is 1. The number of thioether (sulfide) groups is 1. The van der Waals surface area contributed by atoms with Crippen molar-refractivity contribution < 1.29 is 0 Å². The highest BCUT2D eigenvalue weighted by Gasteiger charge is 2.22. The first-order valence-electron chi connectivity index (χ1n) is 9.92. The summed E-state index contributed by atoms with van der Waals surface area (Å²) in [5, 5.41) is 9.16. The molecule has 11 heteroatoms. The van der Waals surface area contributed by atoms with Crippen LogP contribution in [0.1, 0.15) is 37.1 Å². The molecule has 4 rings (SSSR count). The van der Waals surface area contributed by atoms with Gasteiger partial charge in [-0.05, 0) is 26.2 Å². The van der Waals surface area contributed by atoms with Crippen molar-refractivity contribution in [2.24, 2.45) is 7.05 Å². The van der Waals surface area contributed by atoms with Crippen molar-refractivity contribution in [3.8, 4) is 0 Å². The minimum Gasteiger partial charge on any atom is -0.342 e. The van der Waals surface area contributed by atoms with Crippen LogP contribution in [-0.4, -0.2) is 48.1 Å². The Morgan fingerprint density at radius 2 is 1.90 bits per heavy atom. The second kappa shape index (κ2) is 8.70. The molecule has 3 aromatic rings. The summed E-state index contributed by atoms with van der Waals surface area (Å²) in [5.74, 6) is 1.67. The number of rotatable bonds is 6. The van der Waals surface area contributed by atoms with Gasteiger partial charge in [0.2, 0.25) is 5.95 Å². The van der Waals surface area contributed by atoms with E-state index < -0.39 is 5.69 Å². The van der Waals surface area contributed by atoms with Gasteiger partial charge in [0.25, 0.3) is 5.56 Å². The summed E-state index contributed by atoms with van der Waals surface area (Å²) in [7, 11) is 1.65. The van der Waals surface area contributed by atoms with E-state index in [1.54, 1.807) is 30.1 Å². The Hall–Kier alpha value is -2.14. The van der Waals surface area contributed by atoms with Crippen molar-refractivity contribution >= 4 is 40.2 Å². The number of hydrogen-bond acceptors (Lipinski definition) is 8. The van der Waals surface area contributed by atoms with E-state index in [1.807, 2.05) is 11.5 Å². The predicted octanol–water partition coefficient (Wildman–Crippen LogP) is 2.15. The number of aromatic nitrogens is 6. The van der Waals surface area contributed by atoms with Gasteiger partial charge in [0.05, 0.1) is 0 Å². The van der Waals surface area contributed by atoms with E-state index in [4.69, 9.17) is 4.98 Å². The van der Waals surface area contributed by atoms with Gasteiger partial charge in [0, 0.05) is 32.4 Å². The average molecular weight is 436 g/mol. The summed E-state index contributed by atoms with van der Waals surface area (Å²) in [6, 6.07) is 0. The van der Waals surface area contributed by atoms with E-state index in [0.717, 1.165) is 53.4 Å². The smallest absolute Gasteiger partial charge is 0.329 e. The third-order valence-corrected chi connectivity index (χ3v) is 7.19. The summed E-state index contributed by atoms with van der Waals surface area (Å²) in [5.41, 5.74) is 0.120. The molecule has 0 amide bonds. The molecule has 0 radical (unpaired) electrons. The fourth-order valence-electron chi connectivity index (χ4n) is 3.67. The number of aryl methyl sites for hydroxylation is 3. The van der Waals surface area contributed by atoms with Gasteiger partial charge >= 0.3 is 5.69 Å². The molecule has 0 unspecified atom stereocenters. The van der Waals surface area contributed by atoms with Crippen LogP contribution in [0.15, 0.2) is 13.9 Å². The highest BCUT2D eigenvalue weighted by atomic mass is 32.2. The first-order valence-corrected chi connectivity index (χ1v) is 11.7. The van der Waals surface area contributed by atoms with Crippen molar-refractivity contribution in [3.05, 3.63) is 25.8 Å². The molecule has 0 aromatic carbocycles. The fourth-order valence-corrected chi connectivity index (χ4v) is 5.48. The lowest BCUT2D eigenvalue weighted by atomic mass is 10.2. The van der Waals surface area contributed by atoms with Gasteiger partial charge in [-0.25, -0.2) is 4.79 Å². The van der Waals surface area contributed by atoms with E-state index >= 15 is 0 Å². The van der Waals surface area contributed by atoms with E-state index in [1.165, 1.54) is 17.4 Å². The molecule has 1 aliphatic heterocycles. The standard InChI is InChI=1S/C18H25N7O2S2/c1-12-21-22-18(29-12)28-11-7-10-25-13-14(23(2)17(27)20-15(13)26)19-16(25)24-8-5-3-4-6-9-24/h3-11H2,1-2H3,(H,20,26,27). The Morgan fingerprint density at radius 3 is 2.59 bits per heavy atom. The molecular weight excluding hydrogens is 410 g/mol. The molecule has 0 spiro atoms. The second-order valence-electron chi connectivity index (χ2n) is 7.24. The van der Waals surface area contributed by atoms with Crippen LogP contribution in [0.3, 0.4) is 0 Å². The first kappa shape index (κ1) is 20.1. The number of fused-ring (bicyclic) bond motifs is 1. The van der Waals surface area contributed by atoms with Crippen molar-refractivity contribution in [1.82, 2.24) is 29.3 Å². The number of aromatic amines is 1. The van der Waals surface area contributed by atoms with Crippen LogP contribution in [-0.2, 0) is 13.6 Å². The summed E-state index contributed by atoms with van der Waals surface area (Å²) >= 11 is 3.27. The van der Waals surface area contributed by atoms with Crippen LogP contribution >= 0.6 is 23.1 Å². The van der Waals surface area contributed by atoms with Crippen LogP contribution in [0.2, 0.25) is 0 Å². The van der Waals surface area contributed by atoms with Crippen molar-refractivity contribution in [1.29, 1.82) is 0 Å². The largest absolute Gasteiger partial charge is 0.342 e. The zero-order valence-electron chi connectivity index (χ0n) is 16.7. The third-order valence-electron chi connectivity index (χ3n) is 5.13. The summed E-state index contributed by atoms with van der Waals surface area (Å²) in [6.07, 6.45) is 5.52. The predicted molar refractivity (Wildman–Crippen MR) is 116 cm³/mol. The van der Waals surface area contributed by atoms with E-state index in [9.17, 15) is 9.59 Å². The van der Waals surface area contributed by atoms with E-state index in [2.05, 4.69) is 20.1 Å². The van der Waals surface area contributed by atoms with Crippen LogP contribution in [0, 0.1) is 6.92 Å². The Kier molecular flexibility index (Phi) is 6.04. The summed E-state index contributed by atoms with van der Waals surface area (Å²) in [4.78, 5) is 34.1. The number of H-pyrrole nitrogens is 1. The van der Waals surface area contributed by atoms with Gasteiger partial charge in [-0.1, -0.05) is 35.9 Å². The van der Waals surface area contributed by atoms with E-state index in [0.29, 0.717) is 17.7 Å². The third kappa shape index (κ3) is 4.25. The number of nitrogens with one attached hydrogen (secondary N) is 1. The molecule has 156 valence electrons. The lowest BCUT2D eigenvalue weighted by Gasteiger charge is -2.22. The molecule has 1 N–H and O–H groups in total. The van der Waals surface area contributed by atoms with Gasteiger partial charge < -0.3 is 9.47 Å². The van der Waals surface area contributed by atoms with Crippen LogP contribution < -0.4 is 16.1 Å². The fraction of sp³-hybridized carbons (Fsp3) is 0.611. The van der Waals surface area contributed by atoms with Gasteiger partial charge in [-0.2, -0.15) is 4.98 Å². The Bertz CT molecular complexity index is 1110. The van der Waals surface area contributed by atoms with Crippen molar-refractivity contribution in [2.45, 2.75) is 49.9 Å². The van der Waals surface area contributed by atoms with Crippen molar-refractivity contribution in [3.63, 3.8) is 0 Å². The molecule has 0 bridgehead atoms. The minimum atomic E-state index is -0.434. The zero-order chi connectivity index (χ0) is 20.4. The molecule has 1 fully saturated rings. The molecule has 3 aromatic heterocycles. The van der Waals surface area contributed by atoms with Gasteiger partial charge in [0.1, 0.15) is 5.01 Å². The average Bonchev–Trinajstić information content (AvgIpc) is 3.17. The highest BCUT2D eigenvalue weighted by molar-refractivity contribution is 8.01. The molecule has 9 nitrogen and oxygen atoms in total. The Morgan fingerprint density at radius 1 is 1.14 bits per heavy atom. The first-order chi connectivity index (χ1) is 14.0. The van der Waals surface area contributed by atoms with Crippen LogP contribution in [0.5, 0.6) is 0 Å². The summed E-state index contributed by atoms with van der Waals surface area (Å²) in [6.45, 7) is 4.46. The molecule has 29 heavy (non-hydrogen) atoms. The lowest BCUT2D eigenvalue weighted by Crippen LogP contribution is -2.30. The number of anilines is 1. The normalized spacial score (nSPS) is 15.2. The van der Waals surface area contributed by atoms with Crippen LogP contribution in [0.25, 0.3) is 11.2 Å². The van der Waals surface area contributed by atoms with Gasteiger partial charge in [-0.3, -0.25) is 14.3 Å². The van der Waals surface area contributed by atoms with Crippen molar-refractivity contribution in [2.75, 3.05) is 23.7 Å². The number of hydrogen-bond donors (Lipinski definition) is 1. The molecule has 1 saturated heterocycles. The summed E-state index contributed by atoms with van der Waals surface area (Å²) < 4.78 is 4.38. The van der Waals surface area contributed by atoms with Crippen LogP contribution in [0.4, 0.5) is 5.95 Å². The molecule has 1 aliphatic rings. The Labute approximate surface area is 176 Å². The number of nitrogens with zero attached hydrogens (tertiary/aromatic N) is 6. The minimum absolute atomic E-state index is 0.371. The molecular formula is C18H25N7O2S2. The molecule has 0 aliphatic carbocycles. The maximum absolute atomic E-state index is 12.6. The monoisotopic (exact) mass is 435 g/mol. The van der Waals surface area contributed by atoms with E-state index in [-0.39, 0.29) is 5.56 Å². The van der Waals surface area contributed by atoms with Gasteiger partial charge in [0.15, 0.2) is 15.5 Å². The second-order valence-corrected chi connectivity index (χ2v) is 9.77. The SMILES string of the molecule is Cc1nnc(SCCCn2c(N3CCCCCC3)nc3c2c(=O)[nH]c(=O)n3C)s1. The maximum atomic E-state index is 12.6. The Balaban J connectivity index is 1.63. The maximum Gasteiger partial charge on any atom is 0.329 e. The molecule has 4 heterocycles. The molecule has 0 atom stereocenters. The highest BCUT2D eigenvalue weighted by Crippen LogP contribution is 2.25. The topological polar surface area (TPSA) is 102 Å². The quantitative estimate of drug-likeness (QED) is 0.467. The molecule has 0 saturated carbocycles. The van der Waals surface area contributed by atoms with Gasteiger partial charge in [-0.15, -0.1) is 10.2 Å². The lowest BCUT2D eigenvalue weighted by molar-refractivity contribution is 0.662.